The van der Waals surface area contributed by atoms with E-state index in [0.29, 0.717) is 6.42 Å². The first-order valence-corrected chi connectivity index (χ1v) is 6.95. The van der Waals surface area contributed by atoms with Gasteiger partial charge in [0.1, 0.15) is 5.41 Å². The van der Waals surface area contributed by atoms with Crippen LogP contribution in [0.4, 0.5) is 0 Å². The molecule has 18 heavy (non-hydrogen) atoms. The van der Waals surface area contributed by atoms with Crippen LogP contribution in [-0.4, -0.2) is 5.91 Å². The van der Waals surface area contributed by atoms with Gasteiger partial charge in [0.15, 0.2) is 0 Å². The average molecular weight is 264 g/mol. The first-order chi connectivity index (χ1) is 8.34. The van der Waals surface area contributed by atoms with Gasteiger partial charge in [-0.05, 0) is 45.7 Å². The van der Waals surface area contributed by atoms with Crippen molar-refractivity contribution in [1.29, 1.82) is 5.26 Å². The van der Waals surface area contributed by atoms with E-state index >= 15 is 0 Å². The third-order valence-electron chi connectivity index (χ3n) is 3.35. The molecule has 1 heterocycles. The van der Waals surface area contributed by atoms with Gasteiger partial charge in [0.25, 0.3) is 0 Å². The fraction of sp³-hybridized carbons (Fsp3) is 0.571. The van der Waals surface area contributed by atoms with Crippen LogP contribution in [0.5, 0.6) is 0 Å². The Balaban J connectivity index is 2.83. The van der Waals surface area contributed by atoms with Crippen molar-refractivity contribution >= 4 is 17.2 Å². The second-order valence-corrected chi connectivity index (χ2v) is 6.32. The van der Waals surface area contributed by atoms with Crippen molar-refractivity contribution in [3.8, 4) is 6.07 Å². The molecule has 1 amide bonds. The molecule has 2 atom stereocenters. The third-order valence-corrected chi connectivity index (χ3v) is 4.33. The maximum absolute atomic E-state index is 12.1. The van der Waals surface area contributed by atoms with Gasteiger partial charge in [-0.25, -0.2) is 0 Å². The standard InChI is InChI=1S/C14H20N2OS/c1-6-14(5,8-15)13(17)16-10(3)12-7-9(2)18-11(12)4/h7,10H,6H2,1-5H3,(H,16,17). The highest BCUT2D eigenvalue weighted by atomic mass is 32.1. The summed E-state index contributed by atoms with van der Waals surface area (Å²) in [5.41, 5.74) is 0.204. The molecule has 1 rings (SSSR count). The minimum absolute atomic E-state index is 0.0540. The summed E-state index contributed by atoms with van der Waals surface area (Å²) in [4.78, 5) is 14.6. The van der Waals surface area contributed by atoms with Gasteiger partial charge >= 0.3 is 0 Å². The molecule has 1 N–H and O–H groups in total. The van der Waals surface area contributed by atoms with Crippen molar-refractivity contribution in [2.45, 2.75) is 47.1 Å². The van der Waals surface area contributed by atoms with Crippen molar-refractivity contribution < 1.29 is 4.79 Å². The molecule has 0 aliphatic rings. The van der Waals surface area contributed by atoms with Crippen LogP contribution in [0.1, 0.15) is 48.6 Å². The Labute approximate surface area is 113 Å². The van der Waals surface area contributed by atoms with E-state index in [0.717, 1.165) is 5.56 Å². The summed E-state index contributed by atoms with van der Waals surface area (Å²) in [5.74, 6) is -0.191. The van der Waals surface area contributed by atoms with Gasteiger partial charge < -0.3 is 5.32 Å². The molecule has 1 aromatic heterocycles. The summed E-state index contributed by atoms with van der Waals surface area (Å²) in [7, 11) is 0. The van der Waals surface area contributed by atoms with E-state index in [2.05, 4.69) is 31.3 Å². The van der Waals surface area contributed by atoms with Gasteiger partial charge in [0.05, 0.1) is 12.1 Å². The smallest absolute Gasteiger partial charge is 0.240 e. The minimum atomic E-state index is -0.937. The van der Waals surface area contributed by atoms with Crippen LogP contribution < -0.4 is 5.32 Å². The van der Waals surface area contributed by atoms with E-state index in [1.54, 1.807) is 18.3 Å². The Bertz CT molecular complexity index is 486. The van der Waals surface area contributed by atoms with Gasteiger partial charge in [-0.2, -0.15) is 5.26 Å². The Morgan fingerprint density at radius 1 is 1.61 bits per heavy atom. The molecule has 0 aromatic carbocycles. The Hall–Kier alpha value is -1.34. The third kappa shape index (κ3) is 2.91. The highest BCUT2D eigenvalue weighted by Crippen LogP contribution is 2.28. The second-order valence-electron chi connectivity index (χ2n) is 4.86. The number of aryl methyl sites for hydroxylation is 2. The second kappa shape index (κ2) is 5.53. The molecule has 4 heteroatoms. The summed E-state index contributed by atoms with van der Waals surface area (Å²) < 4.78 is 0. The number of carbonyl (C=O) groups is 1. The lowest BCUT2D eigenvalue weighted by Gasteiger charge is -2.22. The maximum Gasteiger partial charge on any atom is 0.240 e. The van der Waals surface area contributed by atoms with Gasteiger partial charge in [-0.3, -0.25) is 4.79 Å². The lowest BCUT2D eigenvalue weighted by Crippen LogP contribution is -2.39. The SMILES string of the molecule is CCC(C)(C#N)C(=O)NC(C)c1cc(C)sc1C. The highest BCUT2D eigenvalue weighted by Gasteiger charge is 2.32. The van der Waals surface area contributed by atoms with E-state index in [1.165, 1.54) is 9.75 Å². The quantitative estimate of drug-likeness (QED) is 0.905. The normalized spacial score (nSPS) is 15.6. The molecule has 0 spiro atoms. The number of nitrogens with one attached hydrogen (secondary N) is 1. The van der Waals surface area contributed by atoms with Gasteiger partial charge in [0, 0.05) is 9.75 Å². The molecule has 0 radical (unpaired) electrons. The van der Waals surface area contributed by atoms with E-state index in [-0.39, 0.29) is 11.9 Å². The predicted molar refractivity (Wildman–Crippen MR) is 74.4 cm³/mol. The van der Waals surface area contributed by atoms with Crippen molar-refractivity contribution in [1.82, 2.24) is 5.32 Å². The fourth-order valence-electron chi connectivity index (χ4n) is 1.80. The zero-order valence-electron chi connectivity index (χ0n) is 11.6. The molecule has 0 bridgehead atoms. The van der Waals surface area contributed by atoms with Crippen LogP contribution in [0.25, 0.3) is 0 Å². The summed E-state index contributed by atoms with van der Waals surface area (Å²) in [6.45, 7) is 9.61. The molecule has 0 aliphatic heterocycles. The minimum Gasteiger partial charge on any atom is -0.348 e. The molecule has 3 nitrogen and oxygen atoms in total. The molecule has 98 valence electrons. The van der Waals surface area contributed by atoms with Crippen molar-refractivity contribution in [2.75, 3.05) is 0 Å². The van der Waals surface area contributed by atoms with Gasteiger partial charge in [-0.1, -0.05) is 6.92 Å². The zero-order chi connectivity index (χ0) is 13.9. The molecular formula is C14H20N2OS. The van der Waals surface area contributed by atoms with E-state index < -0.39 is 5.41 Å². The number of carbonyl (C=O) groups excluding carboxylic acids is 1. The number of hydrogen-bond donors (Lipinski definition) is 1. The monoisotopic (exact) mass is 264 g/mol. The highest BCUT2D eigenvalue weighted by molar-refractivity contribution is 7.12. The van der Waals surface area contributed by atoms with Crippen LogP contribution in [0.3, 0.4) is 0 Å². The molecular weight excluding hydrogens is 244 g/mol. The topological polar surface area (TPSA) is 52.9 Å². The Morgan fingerprint density at radius 2 is 2.22 bits per heavy atom. The number of amides is 1. The molecule has 0 aliphatic carbocycles. The largest absolute Gasteiger partial charge is 0.348 e. The number of nitrogens with zero attached hydrogens (tertiary/aromatic N) is 1. The summed E-state index contributed by atoms with van der Waals surface area (Å²) in [6, 6.07) is 4.14. The fourth-order valence-corrected chi connectivity index (χ4v) is 2.83. The van der Waals surface area contributed by atoms with Crippen molar-refractivity contribution in [3.63, 3.8) is 0 Å². The Morgan fingerprint density at radius 3 is 2.61 bits per heavy atom. The lowest BCUT2D eigenvalue weighted by atomic mass is 9.88. The number of nitriles is 1. The summed E-state index contributed by atoms with van der Waals surface area (Å²) >= 11 is 1.73. The van der Waals surface area contributed by atoms with Crippen LogP contribution in [0, 0.1) is 30.6 Å². The molecule has 0 fully saturated rings. The van der Waals surface area contributed by atoms with E-state index in [9.17, 15) is 4.79 Å². The van der Waals surface area contributed by atoms with Crippen LogP contribution in [0.15, 0.2) is 6.07 Å². The maximum atomic E-state index is 12.1. The van der Waals surface area contributed by atoms with Gasteiger partial charge in [-0.15, -0.1) is 11.3 Å². The van der Waals surface area contributed by atoms with E-state index in [4.69, 9.17) is 5.26 Å². The number of hydrogen-bond acceptors (Lipinski definition) is 3. The first kappa shape index (κ1) is 14.7. The molecule has 2 unspecified atom stereocenters. The Kier molecular flexibility index (Phi) is 4.53. The van der Waals surface area contributed by atoms with Gasteiger partial charge in [0.2, 0.25) is 5.91 Å². The average Bonchev–Trinajstić information content (AvgIpc) is 2.67. The lowest BCUT2D eigenvalue weighted by molar-refractivity contribution is -0.128. The van der Waals surface area contributed by atoms with E-state index in [1.807, 2.05) is 13.8 Å². The number of rotatable bonds is 4. The number of thiophene rings is 1. The molecule has 0 saturated carbocycles. The van der Waals surface area contributed by atoms with Crippen LogP contribution >= 0.6 is 11.3 Å². The predicted octanol–water partition coefficient (Wildman–Crippen LogP) is 3.48. The first-order valence-electron chi connectivity index (χ1n) is 6.13. The van der Waals surface area contributed by atoms with Crippen molar-refractivity contribution in [2.24, 2.45) is 5.41 Å². The zero-order valence-corrected chi connectivity index (χ0v) is 12.4. The summed E-state index contributed by atoms with van der Waals surface area (Å²) in [5, 5.41) is 12.0. The van der Waals surface area contributed by atoms with Crippen LogP contribution in [-0.2, 0) is 4.79 Å². The molecule has 0 saturated heterocycles. The van der Waals surface area contributed by atoms with Crippen LogP contribution in [0.2, 0.25) is 0 Å². The summed E-state index contributed by atoms with van der Waals surface area (Å²) in [6.07, 6.45) is 0.518. The molecule has 1 aromatic rings. The van der Waals surface area contributed by atoms with Crippen molar-refractivity contribution in [3.05, 3.63) is 21.4 Å².